The third-order valence-electron chi connectivity index (χ3n) is 2.97. The number of hydrazine groups is 1. The van der Waals surface area contributed by atoms with Crippen molar-refractivity contribution in [3.05, 3.63) is 11.9 Å². The molecule has 5 N–H and O–H groups in total. The van der Waals surface area contributed by atoms with Gasteiger partial charge in [0.1, 0.15) is 17.5 Å². The average Bonchev–Trinajstić information content (AvgIpc) is 2.38. The van der Waals surface area contributed by atoms with E-state index in [1.807, 2.05) is 27.7 Å². The number of aromatic nitrogens is 2. The number of nitrogens with zero attached hydrogens (tertiary/aromatic N) is 2. The van der Waals surface area contributed by atoms with Crippen molar-refractivity contribution in [2.24, 2.45) is 5.84 Å². The number of rotatable bonds is 6. The highest BCUT2D eigenvalue weighted by Crippen LogP contribution is 2.21. The summed E-state index contributed by atoms with van der Waals surface area (Å²) in [5.74, 6) is 7.55. The Kier molecular flexibility index (Phi) is 4.86. The van der Waals surface area contributed by atoms with E-state index in [9.17, 15) is 5.11 Å². The van der Waals surface area contributed by atoms with Crippen LogP contribution in [0.25, 0.3) is 0 Å². The van der Waals surface area contributed by atoms with Crippen LogP contribution in [0.2, 0.25) is 0 Å². The highest BCUT2D eigenvalue weighted by molar-refractivity contribution is 5.48. The average molecular weight is 253 g/mol. The van der Waals surface area contributed by atoms with Crippen LogP contribution in [-0.4, -0.2) is 27.2 Å². The summed E-state index contributed by atoms with van der Waals surface area (Å²) >= 11 is 0. The number of aliphatic hydroxyl groups excluding tert-OH is 1. The zero-order valence-electron chi connectivity index (χ0n) is 11.5. The maximum atomic E-state index is 9.41. The predicted molar refractivity (Wildman–Crippen MR) is 73.3 cm³/mol. The smallest absolute Gasteiger partial charge is 0.145 e. The minimum Gasteiger partial charge on any atom is -0.394 e. The molecule has 6 nitrogen and oxygen atoms in total. The van der Waals surface area contributed by atoms with Crippen molar-refractivity contribution >= 4 is 11.6 Å². The van der Waals surface area contributed by atoms with Gasteiger partial charge in [-0.1, -0.05) is 20.8 Å². The van der Waals surface area contributed by atoms with Crippen molar-refractivity contribution in [1.82, 2.24) is 9.97 Å². The van der Waals surface area contributed by atoms with Crippen molar-refractivity contribution in [1.29, 1.82) is 0 Å². The molecule has 0 aliphatic rings. The molecule has 0 spiro atoms. The van der Waals surface area contributed by atoms with Gasteiger partial charge in [0.05, 0.1) is 12.1 Å². The normalized spacial score (nSPS) is 14.4. The molecule has 6 heteroatoms. The lowest BCUT2D eigenvalue weighted by Crippen LogP contribution is -2.38. The number of aliphatic hydroxyl groups is 1. The van der Waals surface area contributed by atoms with Crippen LogP contribution in [0, 0.1) is 0 Å². The first-order valence-corrected chi connectivity index (χ1v) is 6.18. The number of hydrogen-bond acceptors (Lipinski definition) is 6. The molecule has 0 fully saturated rings. The first kappa shape index (κ1) is 14.7. The third kappa shape index (κ3) is 3.54. The van der Waals surface area contributed by atoms with Gasteiger partial charge in [0.2, 0.25) is 0 Å². The van der Waals surface area contributed by atoms with E-state index in [1.165, 1.54) is 0 Å². The highest BCUT2D eigenvalue weighted by atomic mass is 16.3. The fourth-order valence-corrected chi connectivity index (χ4v) is 1.41. The second kappa shape index (κ2) is 5.97. The number of nitrogen functional groups attached to an aromatic ring is 1. The summed E-state index contributed by atoms with van der Waals surface area (Å²) in [6.45, 7) is 8.03. The van der Waals surface area contributed by atoms with Crippen LogP contribution >= 0.6 is 0 Å². The molecule has 18 heavy (non-hydrogen) atoms. The van der Waals surface area contributed by atoms with E-state index < -0.39 is 5.54 Å². The van der Waals surface area contributed by atoms with Gasteiger partial charge in [-0.25, -0.2) is 15.8 Å². The molecule has 1 atom stereocenters. The Hall–Kier alpha value is -1.40. The molecular weight excluding hydrogens is 230 g/mol. The Labute approximate surface area is 108 Å². The molecule has 0 saturated carbocycles. The van der Waals surface area contributed by atoms with Crippen molar-refractivity contribution in [2.75, 3.05) is 17.3 Å². The molecule has 0 aromatic carbocycles. The number of nitrogens with one attached hydrogen (secondary N) is 2. The van der Waals surface area contributed by atoms with Gasteiger partial charge in [-0.3, -0.25) is 0 Å². The molecule has 0 amide bonds. The number of nitrogens with two attached hydrogens (primary N) is 1. The maximum absolute atomic E-state index is 9.41. The summed E-state index contributed by atoms with van der Waals surface area (Å²) in [5.41, 5.74) is 2.14. The third-order valence-corrected chi connectivity index (χ3v) is 2.97. The topological polar surface area (TPSA) is 96.1 Å². The zero-order chi connectivity index (χ0) is 13.8. The lowest BCUT2D eigenvalue weighted by Gasteiger charge is -2.28. The largest absolute Gasteiger partial charge is 0.394 e. The predicted octanol–water partition coefficient (Wildman–Crippen LogP) is 1.46. The molecule has 0 bridgehead atoms. The van der Waals surface area contributed by atoms with Gasteiger partial charge in [0.15, 0.2) is 0 Å². The van der Waals surface area contributed by atoms with E-state index in [2.05, 4.69) is 20.7 Å². The fourth-order valence-electron chi connectivity index (χ4n) is 1.41. The first-order valence-electron chi connectivity index (χ1n) is 6.18. The lowest BCUT2D eigenvalue weighted by molar-refractivity contribution is 0.218. The fraction of sp³-hybridized carbons (Fsp3) is 0.667. The Balaban J connectivity index is 3.04. The van der Waals surface area contributed by atoms with Crippen molar-refractivity contribution in [3.63, 3.8) is 0 Å². The summed E-state index contributed by atoms with van der Waals surface area (Å²) in [5, 5.41) is 12.6. The minimum absolute atomic E-state index is 0.0376. The lowest BCUT2D eigenvalue weighted by atomic mass is 10.0. The minimum atomic E-state index is -0.394. The number of hydrogen-bond donors (Lipinski definition) is 4. The molecule has 1 heterocycles. The van der Waals surface area contributed by atoms with Gasteiger partial charge in [-0.2, -0.15) is 0 Å². The summed E-state index contributed by atoms with van der Waals surface area (Å²) in [6.07, 6.45) is 0.788. The van der Waals surface area contributed by atoms with E-state index in [4.69, 9.17) is 5.84 Å². The quantitative estimate of drug-likeness (QED) is 0.453. The van der Waals surface area contributed by atoms with Crippen LogP contribution in [0.1, 0.15) is 45.9 Å². The first-order chi connectivity index (χ1) is 8.44. The summed E-state index contributed by atoms with van der Waals surface area (Å²) < 4.78 is 0. The Morgan fingerprint density at radius 3 is 2.44 bits per heavy atom. The molecule has 0 radical (unpaired) electrons. The second-order valence-corrected chi connectivity index (χ2v) is 4.99. The van der Waals surface area contributed by atoms with Crippen molar-refractivity contribution in [3.8, 4) is 0 Å². The molecule has 102 valence electrons. The van der Waals surface area contributed by atoms with Crippen LogP contribution < -0.4 is 16.6 Å². The van der Waals surface area contributed by atoms with E-state index >= 15 is 0 Å². The molecule has 0 aliphatic heterocycles. The van der Waals surface area contributed by atoms with E-state index in [0.717, 1.165) is 6.42 Å². The van der Waals surface area contributed by atoms with Gasteiger partial charge in [0, 0.05) is 12.0 Å². The maximum Gasteiger partial charge on any atom is 0.145 e. The Morgan fingerprint density at radius 2 is 2.00 bits per heavy atom. The van der Waals surface area contributed by atoms with Crippen LogP contribution in [0.5, 0.6) is 0 Å². The Morgan fingerprint density at radius 1 is 1.39 bits per heavy atom. The van der Waals surface area contributed by atoms with Crippen molar-refractivity contribution in [2.45, 2.75) is 45.6 Å². The summed E-state index contributed by atoms with van der Waals surface area (Å²) in [6, 6.07) is 1.73. The molecule has 1 rings (SSSR count). The molecular formula is C12H23N5O. The van der Waals surface area contributed by atoms with Gasteiger partial charge in [-0.15, -0.1) is 0 Å². The van der Waals surface area contributed by atoms with Crippen LogP contribution in [-0.2, 0) is 0 Å². The van der Waals surface area contributed by atoms with E-state index in [-0.39, 0.29) is 12.5 Å². The molecule has 1 unspecified atom stereocenters. The van der Waals surface area contributed by atoms with E-state index in [1.54, 1.807) is 6.07 Å². The second-order valence-electron chi connectivity index (χ2n) is 4.99. The molecule has 1 aromatic rings. The molecule has 1 aromatic heterocycles. The molecule has 0 aliphatic carbocycles. The van der Waals surface area contributed by atoms with Crippen LogP contribution in [0.15, 0.2) is 6.07 Å². The number of anilines is 2. The monoisotopic (exact) mass is 253 g/mol. The summed E-state index contributed by atoms with van der Waals surface area (Å²) in [7, 11) is 0. The van der Waals surface area contributed by atoms with Gasteiger partial charge >= 0.3 is 0 Å². The Bertz CT molecular complexity index is 390. The SMILES string of the molecule is CCC(C)(CO)Nc1cc(NN)nc(C(C)C)n1. The van der Waals surface area contributed by atoms with Crippen LogP contribution in [0.4, 0.5) is 11.6 Å². The zero-order valence-corrected chi connectivity index (χ0v) is 11.5. The standard InChI is InChI=1S/C12H23N5O/c1-5-12(4,7-18)16-9-6-10(17-13)15-11(14-9)8(2)3/h6,8,18H,5,7,13H2,1-4H3,(H2,14,15,16,17). The molecule has 0 saturated heterocycles. The van der Waals surface area contributed by atoms with Gasteiger partial charge < -0.3 is 15.8 Å². The highest BCUT2D eigenvalue weighted by Gasteiger charge is 2.21. The summed E-state index contributed by atoms with van der Waals surface area (Å²) in [4.78, 5) is 8.72. The van der Waals surface area contributed by atoms with E-state index in [0.29, 0.717) is 17.5 Å². The van der Waals surface area contributed by atoms with Crippen LogP contribution in [0.3, 0.4) is 0 Å². The van der Waals surface area contributed by atoms with Crippen molar-refractivity contribution < 1.29 is 5.11 Å². The van der Waals surface area contributed by atoms with Gasteiger partial charge in [-0.05, 0) is 13.3 Å². The van der Waals surface area contributed by atoms with Gasteiger partial charge in [0.25, 0.3) is 0 Å².